The molecule has 1 amide bonds. The highest BCUT2D eigenvalue weighted by molar-refractivity contribution is 7.99. The van der Waals surface area contributed by atoms with Crippen LogP contribution in [-0.2, 0) is 4.79 Å². The predicted molar refractivity (Wildman–Crippen MR) is 97.9 cm³/mol. The second-order valence-electron chi connectivity index (χ2n) is 5.43. The number of thioether (sulfide) groups is 1. The van der Waals surface area contributed by atoms with E-state index >= 15 is 0 Å². The van der Waals surface area contributed by atoms with Crippen LogP contribution in [0.4, 0.5) is 5.13 Å². The number of H-pyrrole nitrogens is 1. The van der Waals surface area contributed by atoms with Gasteiger partial charge < -0.3 is 4.98 Å². The summed E-state index contributed by atoms with van der Waals surface area (Å²) in [5, 5.41) is 21.5. The number of hydrogen-bond acceptors (Lipinski definition) is 8. The minimum Gasteiger partial charge on any atom is -0.338 e. The maximum absolute atomic E-state index is 12.0. The quantitative estimate of drug-likeness (QED) is 0.531. The molecule has 4 rings (SSSR count). The Labute approximate surface area is 150 Å². The standard InChI is InChI=1S/C15H13N7OS2/c1-7-3-4-10-9(5-7)12-13(16-10)18-14(21-20-12)24-6-11(23)17-15-22-19-8(2)25-15/h3-5H,6H2,1-2H3,(H,16,18,21)(H,17,22,23). The summed E-state index contributed by atoms with van der Waals surface area (Å²) < 4.78 is 0. The molecule has 1 aromatic carbocycles. The van der Waals surface area contributed by atoms with Gasteiger partial charge in [0.15, 0.2) is 5.65 Å². The molecule has 3 heterocycles. The first-order valence-electron chi connectivity index (χ1n) is 7.44. The molecule has 3 aromatic heterocycles. The van der Waals surface area contributed by atoms with E-state index < -0.39 is 0 Å². The molecule has 0 fully saturated rings. The van der Waals surface area contributed by atoms with E-state index in [9.17, 15) is 4.79 Å². The third-order valence-corrected chi connectivity index (χ3v) is 5.05. The average molecular weight is 371 g/mol. The van der Waals surface area contributed by atoms with Crippen LogP contribution in [-0.4, -0.2) is 42.0 Å². The predicted octanol–water partition coefficient (Wildman–Crippen LogP) is 2.71. The number of rotatable bonds is 4. The van der Waals surface area contributed by atoms with Gasteiger partial charge in [-0.2, -0.15) is 0 Å². The number of aromatic nitrogens is 6. The van der Waals surface area contributed by atoms with Gasteiger partial charge in [0.05, 0.1) is 5.75 Å². The summed E-state index contributed by atoms with van der Waals surface area (Å²) in [5.74, 6) is -0.0114. The molecule has 10 heteroatoms. The fourth-order valence-electron chi connectivity index (χ4n) is 2.36. The maximum atomic E-state index is 12.0. The van der Waals surface area contributed by atoms with E-state index in [1.54, 1.807) is 0 Å². The van der Waals surface area contributed by atoms with E-state index in [0.29, 0.717) is 15.9 Å². The molecule has 0 aliphatic heterocycles. The molecular weight excluding hydrogens is 358 g/mol. The molecule has 0 saturated carbocycles. The van der Waals surface area contributed by atoms with Crippen LogP contribution in [0, 0.1) is 13.8 Å². The van der Waals surface area contributed by atoms with Crippen molar-refractivity contribution in [3.8, 4) is 0 Å². The Morgan fingerprint density at radius 2 is 2.12 bits per heavy atom. The molecule has 8 nitrogen and oxygen atoms in total. The summed E-state index contributed by atoms with van der Waals surface area (Å²) in [4.78, 5) is 19.6. The zero-order chi connectivity index (χ0) is 17.4. The van der Waals surface area contributed by atoms with Gasteiger partial charge >= 0.3 is 0 Å². The summed E-state index contributed by atoms with van der Waals surface area (Å²) in [5.41, 5.74) is 3.52. The summed E-state index contributed by atoms with van der Waals surface area (Å²) in [6.07, 6.45) is 0. The molecule has 0 bridgehead atoms. The van der Waals surface area contributed by atoms with Crippen molar-refractivity contribution in [2.75, 3.05) is 11.1 Å². The second-order valence-corrected chi connectivity index (χ2v) is 7.55. The number of anilines is 1. The number of hydrogen-bond donors (Lipinski definition) is 2. The van der Waals surface area contributed by atoms with Crippen LogP contribution in [0.1, 0.15) is 10.6 Å². The molecule has 2 N–H and O–H groups in total. The Balaban J connectivity index is 1.50. The lowest BCUT2D eigenvalue weighted by Gasteiger charge is -2.00. The number of aryl methyl sites for hydroxylation is 2. The van der Waals surface area contributed by atoms with Crippen LogP contribution in [0.25, 0.3) is 22.1 Å². The smallest absolute Gasteiger partial charge is 0.236 e. The minimum atomic E-state index is -0.183. The molecule has 0 aliphatic carbocycles. The van der Waals surface area contributed by atoms with Gasteiger partial charge in [0, 0.05) is 10.9 Å². The molecule has 0 aliphatic rings. The van der Waals surface area contributed by atoms with Crippen molar-refractivity contribution in [2.24, 2.45) is 0 Å². The number of nitrogens with one attached hydrogen (secondary N) is 2. The molecule has 0 radical (unpaired) electrons. The summed E-state index contributed by atoms with van der Waals surface area (Å²) in [6, 6.07) is 6.08. The van der Waals surface area contributed by atoms with E-state index in [1.807, 2.05) is 26.0 Å². The van der Waals surface area contributed by atoms with Crippen molar-refractivity contribution in [3.05, 3.63) is 28.8 Å². The van der Waals surface area contributed by atoms with E-state index in [1.165, 1.54) is 23.1 Å². The summed E-state index contributed by atoms with van der Waals surface area (Å²) >= 11 is 2.55. The lowest BCUT2D eigenvalue weighted by molar-refractivity contribution is -0.113. The van der Waals surface area contributed by atoms with Gasteiger partial charge in [0.1, 0.15) is 10.5 Å². The molecule has 0 saturated heterocycles. The van der Waals surface area contributed by atoms with E-state index in [4.69, 9.17) is 0 Å². The van der Waals surface area contributed by atoms with Crippen LogP contribution >= 0.6 is 23.1 Å². The van der Waals surface area contributed by atoms with Gasteiger partial charge in [-0.1, -0.05) is 34.7 Å². The molecule has 0 atom stereocenters. The van der Waals surface area contributed by atoms with Crippen LogP contribution in [0.5, 0.6) is 0 Å². The largest absolute Gasteiger partial charge is 0.338 e. The zero-order valence-corrected chi connectivity index (χ0v) is 15.0. The molecule has 25 heavy (non-hydrogen) atoms. The number of nitrogens with zero attached hydrogens (tertiary/aromatic N) is 5. The number of amides is 1. The number of fused-ring (bicyclic) bond motifs is 3. The third-order valence-electron chi connectivity index (χ3n) is 3.46. The monoisotopic (exact) mass is 371 g/mol. The van der Waals surface area contributed by atoms with Crippen LogP contribution in [0.15, 0.2) is 23.4 Å². The first-order chi connectivity index (χ1) is 12.1. The highest BCUT2D eigenvalue weighted by Gasteiger charge is 2.12. The topological polar surface area (TPSA) is 109 Å². The van der Waals surface area contributed by atoms with Crippen molar-refractivity contribution in [2.45, 2.75) is 19.0 Å². The molecule has 126 valence electrons. The SMILES string of the molecule is Cc1ccc2[nH]c3nc(SCC(=O)Nc4nnc(C)s4)nnc3c2c1. The Bertz CT molecular complexity index is 1090. The van der Waals surface area contributed by atoms with Crippen LogP contribution < -0.4 is 5.32 Å². The normalized spacial score (nSPS) is 11.3. The maximum Gasteiger partial charge on any atom is 0.236 e. The van der Waals surface area contributed by atoms with Gasteiger partial charge in [-0.25, -0.2) is 4.98 Å². The fraction of sp³-hybridized carbons (Fsp3) is 0.200. The Kier molecular flexibility index (Phi) is 4.06. The first kappa shape index (κ1) is 15.9. The second kappa shape index (κ2) is 6.37. The van der Waals surface area contributed by atoms with Crippen LogP contribution in [0.3, 0.4) is 0 Å². The third kappa shape index (κ3) is 3.30. The van der Waals surface area contributed by atoms with Gasteiger partial charge in [0.2, 0.25) is 16.2 Å². The van der Waals surface area contributed by atoms with Gasteiger partial charge in [0.25, 0.3) is 0 Å². The fourth-order valence-corrected chi connectivity index (χ4v) is 3.56. The van der Waals surface area contributed by atoms with Crippen molar-refractivity contribution < 1.29 is 4.79 Å². The molecule has 0 spiro atoms. The Hall–Kier alpha value is -2.59. The lowest BCUT2D eigenvalue weighted by Crippen LogP contribution is -2.14. The highest BCUT2D eigenvalue weighted by atomic mass is 32.2. The van der Waals surface area contributed by atoms with Gasteiger partial charge in [-0.05, 0) is 26.0 Å². The highest BCUT2D eigenvalue weighted by Crippen LogP contribution is 2.24. The summed E-state index contributed by atoms with van der Waals surface area (Å²) in [6.45, 7) is 3.86. The number of carbonyl (C=O) groups is 1. The van der Waals surface area contributed by atoms with Gasteiger partial charge in [-0.3, -0.25) is 10.1 Å². The number of carbonyl (C=O) groups excluding carboxylic acids is 1. The summed E-state index contributed by atoms with van der Waals surface area (Å²) in [7, 11) is 0. The first-order valence-corrected chi connectivity index (χ1v) is 9.24. The lowest BCUT2D eigenvalue weighted by atomic mass is 10.2. The molecule has 4 aromatic rings. The molecular formula is C15H13N7OS2. The zero-order valence-electron chi connectivity index (χ0n) is 13.4. The van der Waals surface area contributed by atoms with Crippen LogP contribution in [0.2, 0.25) is 0 Å². The van der Waals surface area contributed by atoms with Crippen molar-refractivity contribution >= 4 is 56.2 Å². The van der Waals surface area contributed by atoms with E-state index in [0.717, 1.165) is 27.0 Å². The van der Waals surface area contributed by atoms with E-state index in [-0.39, 0.29) is 11.7 Å². The Morgan fingerprint density at radius 1 is 1.24 bits per heavy atom. The average Bonchev–Trinajstić information content (AvgIpc) is 3.15. The number of benzene rings is 1. The van der Waals surface area contributed by atoms with E-state index in [2.05, 4.69) is 41.7 Å². The van der Waals surface area contributed by atoms with Crippen molar-refractivity contribution in [1.29, 1.82) is 0 Å². The minimum absolute atomic E-state index is 0.172. The van der Waals surface area contributed by atoms with Crippen molar-refractivity contribution in [3.63, 3.8) is 0 Å². The van der Waals surface area contributed by atoms with Crippen molar-refractivity contribution in [1.82, 2.24) is 30.4 Å². The van der Waals surface area contributed by atoms with Gasteiger partial charge in [-0.15, -0.1) is 20.4 Å². The molecule has 0 unspecified atom stereocenters. The Morgan fingerprint density at radius 3 is 2.92 bits per heavy atom. The number of aromatic amines is 1.